The van der Waals surface area contributed by atoms with Gasteiger partial charge in [0.25, 0.3) is 0 Å². The Morgan fingerprint density at radius 2 is 2.25 bits per heavy atom. The molecule has 0 aliphatic heterocycles. The van der Waals surface area contributed by atoms with Crippen molar-refractivity contribution in [2.45, 2.75) is 33.2 Å². The topological polar surface area (TPSA) is 24.9 Å². The Morgan fingerprint density at radius 3 is 2.75 bits per heavy atom. The van der Waals surface area contributed by atoms with Crippen LogP contribution in [-0.2, 0) is 0 Å². The summed E-state index contributed by atoms with van der Waals surface area (Å²) < 4.78 is 0. The number of anilines is 1. The van der Waals surface area contributed by atoms with E-state index in [4.69, 9.17) is 0 Å². The van der Waals surface area contributed by atoms with Crippen molar-refractivity contribution in [1.82, 2.24) is 4.98 Å². The van der Waals surface area contributed by atoms with E-state index >= 15 is 0 Å². The lowest BCUT2D eigenvalue weighted by Gasteiger charge is -2.14. The molecule has 3 heteroatoms. The molecule has 12 heavy (non-hydrogen) atoms. The van der Waals surface area contributed by atoms with Gasteiger partial charge in [0.2, 0.25) is 0 Å². The van der Waals surface area contributed by atoms with Crippen LogP contribution in [0.15, 0.2) is 11.6 Å². The highest BCUT2D eigenvalue weighted by Crippen LogP contribution is 2.14. The standard InChI is InChI=1S/C9H16N2S/c1-7(2)6-8(3)11-9-10-4-5-12-9/h4-5,7-8H,6H2,1-3H3,(H,10,11)/t8-/m1/s1. The Balaban J connectivity index is 2.32. The zero-order valence-corrected chi connectivity index (χ0v) is 8.69. The maximum atomic E-state index is 4.17. The summed E-state index contributed by atoms with van der Waals surface area (Å²) in [6.07, 6.45) is 3.02. The molecular weight excluding hydrogens is 168 g/mol. The average Bonchev–Trinajstić information content (AvgIpc) is 2.37. The summed E-state index contributed by atoms with van der Waals surface area (Å²) in [4.78, 5) is 4.17. The highest BCUT2D eigenvalue weighted by Gasteiger charge is 2.05. The molecular formula is C9H16N2S. The largest absolute Gasteiger partial charge is 0.359 e. The molecule has 1 heterocycles. The van der Waals surface area contributed by atoms with E-state index in [1.165, 1.54) is 6.42 Å². The molecule has 1 N–H and O–H groups in total. The molecule has 0 amide bonds. The first-order valence-electron chi connectivity index (χ1n) is 4.34. The lowest BCUT2D eigenvalue weighted by Crippen LogP contribution is -2.17. The van der Waals surface area contributed by atoms with E-state index in [9.17, 15) is 0 Å². The van der Waals surface area contributed by atoms with E-state index in [1.54, 1.807) is 11.3 Å². The molecule has 0 aromatic carbocycles. The summed E-state index contributed by atoms with van der Waals surface area (Å²) in [7, 11) is 0. The molecule has 0 fully saturated rings. The summed E-state index contributed by atoms with van der Waals surface area (Å²) >= 11 is 1.66. The Labute approximate surface area is 78.0 Å². The molecule has 0 radical (unpaired) electrons. The van der Waals surface area contributed by atoms with Crippen molar-refractivity contribution in [3.05, 3.63) is 11.6 Å². The zero-order valence-electron chi connectivity index (χ0n) is 7.87. The maximum Gasteiger partial charge on any atom is 0.182 e. The van der Waals surface area contributed by atoms with Gasteiger partial charge in [-0.1, -0.05) is 13.8 Å². The Kier molecular flexibility index (Phi) is 3.53. The predicted molar refractivity (Wildman–Crippen MR) is 54.7 cm³/mol. The van der Waals surface area contributed by atoms with Gasteiger partial charge in [-0.15, -0.1) is 11.3 Å². The van der Waals surface area contributed by atoms with Crippen LogP contribution >= 0.6 is 11.3 Å². The molecule has 1 aromatic heterocycles. The minimum Gasteiger partial charge on any atom is -0.359 e. The van der Waals surface area contributed by atoms with Crippen molar-refractivity contribution in [3.8, 4) is 0 Å². The minimum atomic E-state index is 0.524. The fraction of sp³-hybridized carbons (Fsp3) is 0.667. The van der Waals surface area contributed by atoms with Gasteiger partial charge in [0.15, 0.2) is 5.13 Å². The van der Waals surface area contributed by atoms with E-state index in [0.29, 0.717) is 6.04 Å². The van der Waals surface area contributed by atoms with Gasteiger partial charge in [-0.25, -0.2) is 4.98 Å². The number of rotatable bonds is 4. The van der Waals surface area contributed by atoms with Crippen molar-refractivity contribution in [3.63, 3.8) is 0 Å². The van der Waals surface area contributed by atoms with E-state index in [1.807, 2.05) is 11.6 Å². The Hall–Kier alpha value is -0.570. The number of aromatic nitrogens is 1. The molecule has 0 unspecified atom stereocenters. The number of nitrogens with one attached hydrogen (secondary N) is 1. The first-order valence-corrected chi connectivity index (χ1v) is 5.22. The monoisotopic (exact) mass is 184 g/mol. The zero-order chi connectivity index (χ0) is 8.97. The fourth-order valence-corrected chi connectivity index (χ4v) is 1.91. The lowest BCUT2D eigenvalue weighted by molar-refractivity contribution is 0.539. The van der Waals surface area contributed by atoms with Crippen LogP contribution < -0.4 is 5.32 Å². The summed E-state index contributed by atoms with van der Waals surface area (Å²) in [5.74, 6) is 0.743. The minimum absolute atomic E-state index is 0.524. The third-order valence-corrected chi connectivity index (χ3v) is 2.33. The van der Waals surface area contributed by atoms with Crippen LogP contribution in [0.4, 0.5) is 5.13 Å². The van der Waals surface area contributed by atoms with Gasteiger partial charge < -0.3 is 5.32 Å². The second-order valence-electron chi connectivity index (χ2n) is 3.51. The second kappa shape index (κ2) is 4.45. The molecule has 1 aromatic rings. The van der Waals surface area contributed by atoms with Crippen molar-refractivity contribution in [2.75, 3.05) is 5.32 Å². The van der Waals surface area contributed by atoms with Crippen LogP contribution in [0, 0.1) is 5.92 Å². The van der Waals surface area contributed by atoms with Crippen LogP contribution in [-0.4, -0.2) is 11.0 Å². The molecule has 0 aliphatic rings. The lowest BCUT2D eigenvalue weighted by atomic mass is 10.1. The Morgan fingerprint density at radius 1 is 1.50 bits per heavy atom. The van der Waals surface area contributed by atoms with Crippen LogP contribution in [0.25, 0.3) is 0 Å². The molecule has 0 saturated heterocycles. The van der Waals surface area contributed by atoms with Gasteiger partial charge in [-0.2, -0.15) is 0 Å². The molecule has 68 valence electrons. The van der Waals surface area contributed by atoms with Gasteiger partial charge in [0, 0.05) is 17.6 Å². The first-order chi connectivity index (χ1) is 5.68. The van der Waals surface area contributed by atoms with E-state index in [2.05, 4.69) is 31.1 Å². The van der Waals surface area contributed by atoms with Crippen LogP contribution in [0.2, 0.25) is 0 Å². The highest BCUT2D eigenvalue weighted by molar-refractivity contribution is 7.13. The van der Waals surface area contributed by atoms with Gasteiger partial charge in [-0.05, 0) is 19.3 Å². The molecule has 2 nitrogen and oxygen atoms in total. The van der Waals surface area contributed by atoms with Crippen molar-refractivity contribution < 1.29 is 0 Å². The quantitative estimate of drug-likeness (QED) is 0.778. The second-order valence-corrected chi connectivity index (χ2v) is 4.41. The molecule has 0 aliphatic carbocycles. The van der Waals surface area contributed by atoms with E-state index in [-0.39, 0.29) is 0 Å². The Bertz CT molecular complexity index is 206. The van der Waals surface area contributed by atoms with Gasteiger partial charge >= 0.3 is 0 Å². The first kappa shape index (κ1) is 9.52. The summed E-state index contributed by atoms with van der Waals surface area (Å²) in [5, 5.41) is 6.38. The van der Waals surface area contributed by atoms with Gasteiger partial charge in [-0.3, -0.25) is 0 Å². The number of hydrogen-bond acceptors (Lipinski definition) is 3. The fourth-order valence-electron chi connectivity index (χ4n) is 1.27. The average molecular weight is 184 g/mol. The van der Waals surface area contributed by atoms with Crippen LogP contribution in [0.3, 0.4) is 0 Å². The normalized spacial score (nSPS) is 13.3. The van der Waals surface area contributed by atoms with E-state index < -0.39 is 0 Å². The third-order valence-electron chi connectivity index (χ3n) is 1.63. The molecule has 1 atom stereocenters. The predicted octanol–water partition coefficient (Wildman–Crippen LogP) is 2.99. The smallest absolute Gasteiger partial charge is 0.182 e. The van der Waals surface area contributed by atoms with Gasteiger partial charge in [0.05, 0.1) is 0 Å². The molecule has 0 saturated carbocycles. The van der Waals surface area contributed by atoms with E-state index in [0.717, 1.165) is 11.0 Å². The summed E-state index contributed by atoms with van der Waals surface area (Å²) in [5.41, 5.74) is 0. The SMILES string of the molecule is CC(C)C[C@@H](C)Nc1nccs1. The number of thiazole rings is 1. The van der Waals surface area contributed by atoms with Crippen molar-refractivity contribution in [1.29, 1.82) is 0 Å². The molecule has 0 bridgehead atoms. The summed E-state index contributed by atoms with van der Waals surface area (Å²) in [6, 6.07) is 0.524. The number of nitrogens with zero attached hydrogens (tertiary/aromatic N) is 1. The van der Waals surface area contributed by atoms with Crippen LogP contribution in [0.5, 0.6) is 0 Å². The highest BCUT2D eigenvalue weighted by atomic mass is 32.1. The maximum absolute atomic E-state index is 4.17. The van der Waals surface area contributed by atoms with Crippen molar-refractivity contribution >= 4 is 16.5 Å². The number of hydrogen-bond donors (Lipinski definition) is 1. The molecule has 0 spiro atoms. The summed E-state index contributed by atoms with van der Waals surface area (Å²) in [6.45, 7) is 6.67. The molecule has 1 rings (SSSR count). The van der Waals surface area contributed by atoms with Crippen molar-refractivity contribution in [2.24, 2.45) is 5.92 Å². The third kappa shape index (κ3) is 3.22. The van der Waals surface area contributed by atoms with Crippen LogP contribution in [0.1, 0.15) is 27.2 Å². The van der Waals surface area contributed by atoms with Gasteiger partial charge in [0.1, 0.15) is 0 Å².